The molecule has 2 fully saturated rings. The zero-order chi connectivity index (χ0) is 17.9. The Morgan fingerprint density at radius 3 is 2.24 bits per heavy atom. The van der Waals surface area contributed by atoms with Crippen LogP contribution in [-0.2, 0) is 14.8 Å². The van der Waals surface area contributed by atoms with Gasteiger partial charge in [-0.3, -0.25) is 4.79 Å². The summed E-state index contributed by atoms with van der Waals surface area (Å²) in [6, 6.07) is 6.73. The first kappa shape index (κ1) is 18.2. The summed E-state index contributed by atoms with van der Waals surface area (Å²) in [6.45, 7) is 0.772. The number of carbonyl (C=O) groups is 1. The van der Waals surface area contributed by atoms with Gasteiger partial charge in [0.1, 0.15) is 5.75 Å². The molecule has 2 aliphatic rings. The van der Waals surface area contributed by atoms with Gasteiger partial charge in [0, 0.05) is 25.0 Å². The molecular formula is C18H26N2O4S. The van der Waals surface area contributed by atoms with Crippen molar-refractivity contribution < 1.29 is 17.9 Å². The van der Waals surface area contributed by atoms with Gasteiger partial charge >= 0.3 is 0 Å². The first-order valence-electron chi connectivity index (χ1n) is 8.95. The number of hydrogen-bond donors (Lipinski definition) is 1. The highest BCUT2D eigenvalue weighted by Gasteiger charge is 2.32. The van der Waals surface area contributed by atoms with Crippen LogP contribution in [0.25, 0.3) is 0 Å². The third-order valence-corrected chi connectivity index (χ3v) is 7.14. The van der Waals surface area contributed by atoms with Crippen LogP contribution >= 0.6 is 0 Å². The Balaban J connectivity index is 1.57. The highest BCUT2D eigenvalue weighted by Crippen LogP contribution is 2.26. The van der Waals surface area contributed by atoms with E-state index in [1.165, 1.54) is 17.1 Å². The Bertz CT molecular complexity index is 688. The van der Waals surface area contributed by atoms with Gasteiger partial charge in [0.25, 0.3) is 0 Å². The molecule has 1 N–H and O–H groups in total. The van der Waals surface area contributed by atoms with E-state index in [0.717, 1.165) is 12.8 Å². The number of hydrogen-bond acceptors (Lipinski definition) is 4. The van der Waals surface area contributed by atoms with E-state index in [9.17, 15) is 13.2 Å². The molecule has 1 aliphatic heterocycles. The topological polar surface area (TPSA) is 75.7 Å². The first-order valence-corrected chi connectivity index (χ1v) is 10.4. The molecule has 25 heavy (non-hydrogen) atoms. The number of sulfonamides is 1. The predicted octanol–water partition coefficient (Wildman–Crippen LogP) is 2.15. The summed E-state index contributed by atoms with van der Waals surface area (Å²) < 4.78 is 32.0. The summed E-state index contributed by atoms with van der Waals surface area (Å²) in [5.41, 5.74) is 0. The van der Waals surface area contributed by atoms with Crippen LogP contribution in [0.2, 0.25) is 0 Å². The number of ether oxygens (including phenoxy) is 1. The lowest BCUT2D eigenvalue weighted by molar-refractivity contribution is -0.126. The highest BCUT2D eigenvalue weighted by atomic mass is 32.2. The van der Waals surface area contributed by atoms with Crippen molar-refractivity contribution in [2.24, 2.45) is 5.92 Å². The van der Waals surface area contributed by atoms with Crippen LogP contribution in [0.5, 0.6) is 5.75 Å². The maximum absolute atomic E-state index is 12.7. The monoisotopic (exact) mass is 366 g/mol. The zero-order valence-electron chi connectivity index (χ0n) is 14.6. The number of amides is 1. The van der Waals surface area contributed by atoms with E-state index in [-0.39, 0.29) is 16.7 Å². The average Bonchev–Trinajstić information content (AvgIpc) is 3.15. The fraction of sp³-hybridized carbons (Fsp3) is 0.611. The van der Waals surface area contributed by atoms with Crippen molar-refractivity contribution in [2.45, 2.75) is 49.5 Å². The van der Waals surface area contributed by atoms with Crippen molar-refractivity contribution in [3.8, 4) is 5.75 Å². The Morgan fingerprint density at radius 2 is 1.68 bits per heavy atom. The van der Waals surface area contributed by atoms with Gasteiger partial charge in [-0.2, -0.15) is 4.31 Å². The smallest absolute Gasteiger partial charge is 0.243 e. The molecule has 1 heterocycles. The minimum atomic E-state index is -3.51. The molecule has 1 aromatic carbocycles. The van der Waals surface area contributed by atoms with Gasteiger partial charge in [-0.05, 0) is 49.9 Å². The average molecular weight is 366 g/mol. The van der Waals surface area contributed by atoms with Crippen LogP contribution in [-0.4, -0.2) is 44.9 Å². The normalized spacial score (nSPS) is 20.5. The number of carbonyl (C=O) groups excluding carboxylic acids is 1. The Hall–Kier alpha value is -1.60. The minimum Gasteiger partial charge on any atom is -0.497 e. The second kappa shape index (κ2) is 7.74. The van der Waals surface area contributed by atoms with E-state index in [1.807, 2.05) is 0 Å². The van der Waals surface area contributed by atoms with Gasteiger partial charge in [-0.1, -0.05) is 12.8 Å². The first-order chi connectivity index (χ1) is 12.0. The van der Waals surface area contributed by atoms with Crippen LogP contribution in [0.3, 0.4) is 0 Å². The fourth-order valence-electron chi connectivity index (χ4n) is 3.64. The fourth-order valence-corrected chi connectivity index (χ4v) is 5.11. The van der Waals surface area contributed by atoms with E-state index in [2.05, 4.69) is 5.32 Å². The number of rotatable bonds is 5. The van der Waals surface area contributed by atoms with Gasteiger partial charge in [0.2, 0.25) is 15.9 Å². The van der Waals surface area contributed by atoms with Crippen LogP contribution < -0.4 is 10.1 Å². The molecular weight excluding hydrogens is 340 g/mol. The molecule has 0 bridgehead atoms. The molecule has 138 valence electrons. The van der Waals surface area contributed by atoms with E-state index in [0.29, 0.717) is 37.7 Å². The van der Waals surface area contributed by atoms with Gasteiger partial charge in [0.15, 0.2) is 0 Å². The largest absolute Gasteiger partial charge is 0.497 e. The standard InChI is InChI=1S/C18H26N2O4S/c1-24-16-6-8-17(9-7-16)25(22,23)20-12-10-14(11-13-20)18(21)19-15-4-2-3-5-15/h6-9,14-15H,2-5,10-13H2,1H3,(H,19,21). The minimum absolute atomic E-state index is 0.0806. The van der Waals surface area contributed by atoms with Crippen molar-refractivity contribution >= 4 is 15.9 Å². The lowest BCUT2D eigenvalue weighted by Crippen LogP contribution is -2.44. The van der Waals surface area contributed by atoms with Crippen molar-refractivity contribution in [1.82, 2.24) is 9.62 Å². The maximum Gasteiger partial charge on any atom is 0.243 e. The lowest BCUT2D eigenvalue weighted by atomic mass is 9.97. The quantitative estimate of drug-likeness (QED) is 0.866. The molecule has 6 nitrogen and oxygen atoms in total. The molecule has 7 heteroatoms. The number of benzene rings is 1. The SMILES string of the molecule is COc1ccc(S(=O)(=O)N2CCC(C(=O)NC3CCCC3)CC2)cc1. The van der Waals surface area contributed by atoms with Crippen molar-refractivity contribution in [1.29, 1.82) is 0 Å². The van der Waals surface area contributed by atoms with Gasteiger partial charge in [0.05, 0.1) is 12.0 Å². The predicted molar refractivity (Wildman–Crippen MR) is 94.9 cm³/mol. The zero-order valence-corrected chi connectivity index (χ0v) is 15.4. The summed E-state index contributed by atoms with van der Waals surface area (Å²) in [4.78, 5) is 12.6. The molecule has 0 unspecified atom stereocenters. The van der Waals surface area contributed by atoms with Crippen molar-refractivity contribution in [3.63, 3.8) is 0 Å². The highest BCUT2D eigenvalue weighted by molar-refractivity contribution is 7.89. The lowest BCUT2D eigenvalue weighted by Gasteiger charge is -2.31. The van der Waals surface area contributed by atoms with Gasteiger partial charge < -0.3 is 10.1 Å². The molecule has 0 atom stereocenters. The van der Waals surface area contributed by atoms with E-state index < -0.39 is 10.0 Å². The van der Waals surface area contributed by atoms with Crippen molar-refractivity contribution in [3.05, 3.63) is 24.3 Å². The number of piperidine rings is 1. The summed E-state index contributed by atoms with van der Waals surface area (Å²) in [6.07, 6.45) is 5.65. The molecule has 1 aliphatic carbocycles. The second-order valence-electron chi connectivity index (χ2n) is 6.84. The molecule has 0 aromatic heterocycles. The summed E-state index contributed by atoms with van der Waals surface area (Å²) >= 11 is 0. The Morgan fingerprint density at radius 1 is 1.08 bits per heavy atom. The number of nitrogens with one attached hydrogen (secondary N) is 1. The molecule has 1 amide bonds. The summed E-state index contributed by atoms with van der Waals surface area (Å²) in [7, 11) is -1.97. The Kier molecular flexibility index (Phi) is 5.64. The summed E-state index contributed by atoms with van der Waals surface area (Å²) in [5, 5.41) is 3.13. The van der Waals surface area contributed by atoms with Crippen LogP contribution in [0.15, 0.2) is 29.2 Å². The van der Waals surface area contributed by atoms with Crippen LogP contribution in [0.4, 0.5) is 0 Å². The van der Waals surface area contributed by atoms with Crippen LogP contribution in [0, 0.1) is 5.92 Å². The number of methoxy groups -OCH3 is 1. The summed E-state index contributed by atoms with van der Waals surface area (Å²) in [5.74, 6) is 0.637. The second-order valence-corrected chi connectivity index (χ2v) is 8.78. The molecule has 1 saturated carbocycles. The van der Waals surface area contributed by atoms with E-state index in [4.69, 9.17) is 4.74 Å². The third kappa shape index (κ3) is 4.15. The van der Waals surface area contributed by atoms with Gasteiger partial charge in [-0.25, -0.2) is 8.42 Å². The Labute approximate surface area is 149 Å². The van der Waals surface area contributed by atoms with Crippen molar-refractivity contribution in [2.75, 3.05) is 20.2 Å². The molecule has 1 aromatic rings. The third-order valence-electron chi connectivity index (χ3n) is 5.22. The van der Waals surface area contributed by atoms with Crippen LogP contribution in [0.1, 0.15) is 38.5 Å². The molecule has 1 saturated heterocycles. The molecule has 3 rings (SSSR count). The maximum atomic E-state index is 12.7. The molecule has 0 spiro atoms. The van der Waals surface area contributed by atoms with E-state index >= 15 is 0 Å². The van der Waals surface area contributed by atoms with Gasteiger partial charge in [-0.15, -0.1) is 0 Å². The van der Waals surface area contributed by atoms with E-state index in [1.54, 1.807) is 31.4 Å². The number of nitrogens with zero attached hydrogens (tertiary/aromatic N) is 1. The molecule has 0 radical (unpaired) electrons.